The number of aromatic nitrogens is 1. The van der Waals surface area contributed by atoms with E-state index in [-0.39, 0.29) is 5.82 Å². The molecule has 1 aliphatic carbocycles. The van der Waals surface area contributed by atoms with Crippen LogP contribution in [0.15, 0.2) is 40.9 Å². The fourth-order valence-corrected chi connectivity index (χ4v) is 4.23. The molecule has 1 fully saturated rings. The van der Waals surface area contributed by atoms with E-state index >= 15 is 0 Å². The molecule has 0 atom stereocenters. The molecule has 1 aromatic heterocycles. The molecule has 0 unspecified atom stereocenters. The third kappa shape index (κ3) is 2.92. The van der Waals surface area contributed by atoms with Gasteiger partial charge in [0.1, 0.15) is 11.6 Å². The van der Waals surface area contributed by atoms with Gasteiger partial charge in [-0.25, -0.2) is 4.39 Å². The van der Waals surface area contributed by atoms with Crippen LogP contribution < -0.4 is 4.74 Å². The number of ether oxygens (including phenoxy) is 1. The third-order valence-electron chi connectivity index (χ3n) is 5.76. The van der Waals surface area contributed by atoms with Crippen molar-refractivity contribution in [2.45, 2.75) is 18.8 Å². The standard InChI is InChI=1S/C22H21FN2O2/c1-26-18-3-5-19-15(11-18)10-16(19)13-25-8-6-14(7-9-25)22-20-4-2-17(23)12-21(20)27-24-22/h2-5,10-12,14H,6-9,13H2,1H3. The summed E-state index contributed by atoms with van der Waals surface area (Å²) in [7, 11) is 1.70. The summed E-state index contributed by atoms with van der Waals surface area (Å²) in [4.78, 5) is 2.50. The third-order valence-corrected chi connectivity index (χ3v) is 5.76. The predicted octanol–water partition coefficient (Wildman–Crippen LogP) is 4.71. The number of fused-ring (bicyclic) bond motifs is 2. The molecule has 0 amide bonds. The monoisotopic (exact) mass is 364 g/mol. The fourth-order valence-electron chi connectivity index (χ4n) is 4.23. The van der Waals surface area contributed by atoms with Crippen LogP contribution in [0.3, 0.4) is 0 Å². The van der Waals surface area contributed by atoms with Gasteiger partial charge in [0.25, 0.3) is 0 Å². The summed E-state index contributed by atoms with van der Waals surface area (Å²) < 4.78 is 24.0. The van der Waals surface area contributed by atoms with Crippen LogP contribution in [0, 0.1) is 5.82 Å². The second-order valence-electron chi connectivity index (χ2n) is 7.38. The Morgan fingerprint density at radius 1 is 1.19 bits per heavy atom. The van der Waals surface area contributed by atoms with Crippen molar-refractivity contribution < 1.29 is 13.7 Å². The summed E-state index contributed by atoms with van der Waals surface area (Å²) in [5.74, 6) is 0.996. The van der Waals surface area contributed by atoms with Crippen LogP contribution in [0.4, 0.5) is 4.39 Å². The number of piperidine rings is 1. The average Bonchev–Trinajstić information content (AvgIpc) is 3.09. The van der Waals surface area contributed by atoms with Crippen LogP contribution in [0.5, 0.6) is 5.75 Å². The van der Waals surface area contributed by atoms with Crippen LogP contribution in [0.2, 0.25) is 0 Å². The van der Waals surface area contributed by atoms with Gasteiger partial charge in [-0.15, -0.1) is 0 Å². The number of hydrogen-bond acceptors (Lipinski definition) is 4. The Balaban J connectivity index is 1.23. The molecule has 2 aliphatic rings. The van der Waals surface area contributed by atoms with Crippen molar-refractivity contribution in [1.82, 2.24) is 10.1 Å². The van der Waals surface area contributed by atoms with Gasteiger partial charge < -0.3 is 9.26 Å². The van der Waals surface area contributed by atoms with Gasteiger partial charge in [0, 0.05) is 23.9 Å². The zero-order chi connectivity index (χ0) is 18.4. The molecule has 3 aromatic rings. The Kier molecular flexibility index (Phi) is 3.97. The molecule has 4 nitrogen and oxygen atoms in total. The van der Waals surface area contributed by atoms with E-state index in [0.29, 0.717) is 11.5 Å². The maximum atomic E-state index is 13.3. The van der Waals surface area contributed by atoms with Crippen LogP contribution in [-0.2, 0) is 0 Å². The topological polar surface area (TPSA) is 38.5 Å². The van der Waals surface area contributed by atoms with Crippen molar-refractivity contribution in [3.8, 4) is 5.75 Å². The van der Waals surface area contributed by atoms with Gasteiger partial charge in [-0.3, -0.25) is 4.90 Å². The lowest BCUT2D eigenvalue weighted by molar-refractivity contribution is 0.232. The Bertz CT molecular complexity index is 1030. The molecule has 0 saturated carbocycles. The minimum atomic E-state index is -0.285. The van der Waals surface area contributed by atoms with Crippen molar-refractivity contribution in [1.29, 1.82) is 0 Å². The largest absolute Gasteiger partial charge is 0.497 e. The predicted molar refractivity (Wildman–Crippen MR) is 103 cm³/mol. The number of hydrogen-bond donors (Lipinski definition) is 0. The van der Waals surface area contributed by atoms with E-state index < -0.39 is 0 Å². The van der Waals surface area contributed by atoms with E-state index in [2.05, 4.69) is 28.3 Å². The Hall–Kier alpha value is -2.66. The fraction of sp³-hybridized carbons (Fsp3) is 0.318. The number of nitrogens with zero attached hydrogens (tertiary/aromatic N) is 2. The van der Waals surface area contributed by atoms with Crippen molar-refractivity contribution >= 4 is 22.6 Å². The summed E-state index contributed by atoms with van der Waals surface area (Å²) >= 11 is 0. The number of likely N-dealkylation sites (tertiary alicyclic amines) is 1. The maximum absolute atomic E-state index is 13.3. The second-order valence-corrected chi connectivity index (χ2v) is 7.38. The molecule has 27 heavy (non-hydrogen) atoms. The lowest BCUT2D eigenvalue weighted by Crippen LogP contribution is -2.34. The quantitative estimate of drug-likeness (QED) is 0.672. The van der Waals surface area contributed by atoms with Crippen molar-refractivity contribution in [3.05, 3.63) is 59.0 Å². The van der Waals surface area contributed by atoms with E-state index in [1.165, 1.54) is 28.8 Å². The van der Waals surface area contributed by atoms with Crippen molar-refractivity contribution in [2.75, 3.05) is 26.7 Å². The van der Waals surface area contributed by atoms with E-state index in [1.54, 1.807) is 13.2 Å². The van der Waals surface area contributed by atoms with E-state index in [0.717, 1.165) is 49.3 Å². The molecule has 0 N–H and O–H groups in total. The lowest BCUT2D eigenvalue weighted by atomic mass is 9.86. The zero-order valence-corrected chi connectivity index (χ0v) is 15.2. The first-order valence-corrected chi connectivity index (χ1v) is 9.37. The normalized spacial score (nSPS) is 17.5. The van der Waals surface area contributed by atoms with Gasteiger partial charge in [-0.2, -0.15) is 0 Å². The van der Waals surface area contributed by atoms with E-state index in [1.807, 2.05) is 6.07 Å². The highest BCUT2D eigenvalue weighted by atomic mass is 19.1. The first-order chi connectivity index (χ1) is 13.2. The molecule has 2 heterocycles. The van der Waals surface area contributed by atoms with E-state index in [9.17, 15) is 4.39 Å². The summed E-state index contributed by atoms with van der Waals surface area (Å²) in [6.07, 6.45) is 4.34. The molecule has 138 valence electrons. The minimum absolute atomic E-state index is 0.285. The highest BCUT2D eigenvalue weighted by Gasteiger charge is 2.27. The first kappa shape index (κ1) is 16.5. The van der Waals surface area contributed by atoms with Gasteiger partial charge >= 0.3 is 0 Å². The summed E-state index contributed by atoms with van der Waals surface area (Å²) in [5.41, 5.74) is 5.51. The Morgan fingerprint density at radius 2 is 2.04 bits per heavy atom. The van der Waals surface area contributed by atoms with Gasteiger partial charge in [-0.05, 0) is 73.0 Å². The van der Waals surface area contributed by atoms with Crippen LogP contribution >= 0.6 is 0 Å². The molecule has 0 radical (unpaired) electrons. The zero-order valence-electron chi connectivity index (χ0n) is 15.2. The van der Waals surface area contributed by atoms with Gasteiger partial charge in [0.15, 0.2) is 5.58 Å². The number of methoxy groups -OCH3 is 1. The molecule has 2 aromatic carbocycles. The van der Waals surface area contributed by atoms with Gasteiger partial charge in [-0.1, -0.05) is 11.2 Å². The second kappa shape index (κ2) is 6.50. The Labute approximate surface area is 157 Å². The molecule has 0 spiro atoms. The lowest BCUT2D eigenvalue weighted by Gasteiger charge is -2.33. The van der Waals surface area contributed by atoms with Crippen LogP contribution in [0.1, 0.15) is 35.6 Å². The average molecular weight is 364 g/mol. The minimum Gasteiger partial charge on any atom is -0.497 e. The van der Waals surface area contributed by atoms with Gasteiger partial charge in [0.05, 0.1) is 12.8 Å². The SMILES string of the molecule is COc1ccc2c(c1)C=C2CN1CCC(c2noc3cc(F)ccc23)CC1. The van der Waals surface area contributed by atoms with Crippen molar-refractivity contribution in [3.63, 3.8) is 0 Å². The summed E-state index contributed by atoms with van der Waals surface area (Å²) in [6, 6.07) is 10.9. The highest BCUT2D eigenvalue weighted by molar-refractivity contribution is 5.96. The Morgan fingerprint density at radius 3 is 2.81 bits per heavy atom. The number of halogens is 1. The molecular formula is C22H21FN2O2. The number of rotatable bonds is 4. The molecule has 5 heteroatoms. The van der Waals surface area contributed by atoms with Gasteiger partial charge in [0.2, 0.25) is 0 Å². The first-order valence-electron chi connectivity index (χ1n) is 9.37. The summed E-state index contributed by atoms with van der Waals surface area (Å²) in [6.45, 7) is 3.04. The molecule has 5 rings (SSSR count). The smallest absolute Gasteiger partial charge is 0.170 e. The van der Waals surface area contributed by atoms with Crippen LogP contribution in [0.25, 0.3) is 22.6 Å². The summed E-state index contributed by atoms with van der Waals surface area (Å²) in [5, 5.41) is 5.18. The molecule has 1 saturated heterocycles. The van der Waals surface area contributed by atoms with Crippen LogP contribution in [-0.4, -0.2) is 36.8 Å². The van der Waals surface area contributed by atoms with Crippen molar-refractivity contribution in [2.24, 2.45) is 0 Å². The van der Waals surface area contributed by atoms with E-state index in [4.69, 9.17) is 9.26 Å². The molecule has 0 bridgehead atoms. The highest BCUT2D eigenvalue weighted by Crippen LogP contribution is 2.37. The molecule has 1 aliphatic heterocycles. The molecular weight excluding hydrogens is 343 g/mol. The maximum Gasteiger partial charge on any atom is 0.170 e. The number of benzene rings is 2.